The third kappa shape index (κ3) is 4.44. The molecule has 5 rings (SSSR count). The predicted octanol–water partition coefficient (Wildman–Crippen LogP) is 4.76. The molecule has 4 aromatic rings. The number of amides is 1. The minimum atomic E-state index is -0.00364. The highest BCUT2D eigenvalue weighted by Gasteiger charge is 2.20. The molecule has 1 amide bonds. The van der Waals surface area contributed by atoms with Gasteiger partial charge in [0.05, 0.1) is 10.2 Å². The Morgan fingerprint density at radius 3 is 2.71 bits per heavy atom. The van der Waals surface area contributed by atoms with Crippen molar-refractivity contribution in [2.45, 2.75) is 0 Å². The number of carbonyl (C=O) groups excluding carboxylic acids is 1. The molecule has 0 aliphatic carbocycles. The summed E-state index contributed by atoms with van der Waals surface area (Å²) in [6.07, 6.45) is 0. The highest BCUT2D eigenvalue weighted by molar-refractivity contribution is 9.10. The summed E-state index contributed by atoms with van der Waals surface area (Å²) < 4.78 is 2.30. The first-order chi connectivity index (χ1) is 15.2. The van der Waals surface area contributed by atoms with Crippen molar-refractivity contribution < 1.29 is 4.79 Å². The van der Waals surface area contributed by atoms with Gasteiger partial charge in [-0.25, -0.2) is 4.98 Å². The fourth-order valence-electron chi connectivity index (χ4n) is 4.03. The monoisotopic (exact) mass is 494 g/mol. The summed E-state index contributed by atoms with van der Waals surface area (Å²) in [6.45, 7) is 5.37. The van der Waals surface area contributed by atoms with E-state index in [4.69, 9.17) is 4.98 Å². The lowest BCUT2D eigenvalue weighted by Gasteiger charge is -2.34. The van der Waals surface area contributed by atoms with Crippen LogP contribution in [0.15, 0.2) is 65.1 Å². The lowest BCUT2D eigenvalue weighted by molar-refractivity contribution is 0.0949. The molecule has 0 unspecified atom stereocenters. The molecular formula is C24H23BrN4OS. The topological polar surface area (TPSA) is 48.5 Å². The third-order valence-electron chi connectivity index (χ3n) is 5.73. The van der Waals surface area contributed by atoms with Crippen molar-refractivity contribution in [3.8, 4) is 0 Å². The van der Waals surface area contributed by atoms with Crippen molar-refractivity contribution in [3.05, 3.63) is 70.7 Å². The van der Waals surface area contributed by atoms with Crippen molar-refractivity contribution in [1.82, 2.24) is 15.2 Å². The minimum absolute atomic E-state index is 0.00364. The van der Waals surface area contributed by atoms with Crippen LogP contribution in [0.4, 0.5) is 5.13 Å². The number of carbonyl (C=O) groups is 1. The Labute approximate surface area is 193 Å². The van der Waals surface area contributed by atoms with E-state index in [0.29, 0.717) is 6.54 Å². The normalized spacial score (nSPS) is 14.9. The summed E-state index contributed by atoms with van der Waals surface area (Å²) in [5.74, 6) is -0.00364. The number of nitrogens with zero attached hydrogens (tertiary/aromatic N) is 3. The molecular weight excluding hydrogens is 472 g/mol. The van der Waals surface area contributed by atoms with E-state index in [1.807, 2.05) is 48.5 Å². The number of benzene rings is 3. The highest BCUT2D eigenvalue weighted by Crippen LogP contribution is 2.31. The summed E-state index contributed by atoms with van der Waals surface area (Å²) in [5, 5.41) is 6.28. The SMILES string of the molecule is O=C(NCCN1CCN(c2nc3ccc(Br)cc3s2)CC1)c1cccc2ccccc12. The van der Waals surface area contributed by atoms with Crippen molar-refractivity contribution in [1.29, 1.82) is 0 Å². The van der Waals surface area contributed by atoms with Gasteiger partial charge >= 0.3 is 0 Å². The van der Waals surface area contributed by atoms with Crippen LogP contribution in [0.2, 0.25) is 0 Å². The van der Waals surface area contributed by atoms with Gasteiger partial charge in [0.2, 0.25) is 0 Å². The fraction of sp³-hybridized carbons (Fsp3) is 0.250. The third-order valence-corrected chi connectivity index (χ3v) is 7.30. The number of nitrogens with one attached hydrogen (secondary N) is 1. The minimum Gasteiger partial charge on any atom is -0.351 e. The van der Waals surface area contributed by atoms with Crippen LogP contribution in [0, 0.1) is 0 Å². The molecule has 0 radical (unpaired) electrons. The maximum atomic E-state index is 12.7. The van der Waals surface area contributed by atoms with E-state index >= 15 is 0 Å². The van der Waals surface area contributed by atoms with Gasteiger partial charge in [-0.1, -0.05) is 63.7 Å². The Hall–Kier alpha value is -2.48. The summed E-state index contributed by atoms with van der Waals surface area (Å²) in [7, 11) is 0. The average molecular weight is 495 g/mol. The first-order valence-corrected chi connectivity index (χ1v) is 12.1. The number of aromatic nitrogens is 1. The summed E-state index contributed by atoms with van der Waals surface area (Å²) in [6, 6.07) is 20.1. The Morgan fingerprint density at radius 2 is 1.84 bits per heavy atom. The zero-order valence-corrected chi connectivity index (χ0v) is 19.5. The van der Waals surface area contributed by atoms with Gasteiger partial charge in [0, 0.05) is 49.3 Å². The molecule has 3 aromatic carbocycles. The Kier molecular flexibility index (Phi) is 5.89. The standard InChI is InChI=1S/C24H23BrN4OS/c25-18-8-9-21-22(16-18)31-24(27-21)29-14-12-28(13-15-29)11-10-26-23(30)20-7-3-5-17-4-1-2-6-19(17)20/h1-9,16H,10-15H2,(H,26,30). The maximum absolute atomic E-state index is 12.7. The zero-order chi connectivity index (χ0) is 21.2. The summed E-state index contributed by atoms with van der Waals surface area (Å²) >= 11 is 5.28. The van der Waals surface area contributed by atoms with Crippen LogP contribution in [0.1, 0.15) is 10.4 Å². The number of hydrogen-bond donors (Lipinski definition) is 1. The molecule has 1 aromatic heterocycles. The number of rotatable bonds is 5. The number of halogens is 1. The van der Waals surface area contributed by atoms with E-state index in [-0.39, 0.29) is 5.91 Å². The second-order valence-electron chi connectivity index (χ2n) is 7.72. The second-order valence-corrected chi connectivity index (χ2v) is 9.64. The Balaban J connectivity index is 1.13. The maximum Gasteiger partial charge on any atom is 0.251 e. The highest BCUT2D eigenvalue weighted by atomic mass is 79.9. The molecule has 1 N–H and O–H groups in total. The van der Waals surface area contributed by atoms with Gasteiger partial charge in [-0.3, -0.25) is 9.69 Å². The quantitative estimate of drug-likeness (QED) is 0.434. The van der Waals surface area contributed by atoms with E-state index in [0.717, 1.165) is 64.2 Å². The second kappa shape index (κ2) is 8.94. The molecule has 0 bridgehead atoms. The van der Waals surface area contributed by atoms with Crippen LogP contribution in [0.25, 0.3) is 21.0 Å². The number of fused-ring (bicyclic) bond motifs is 2. The van der Waals surface area contributed by atoms with Crippen molar-refractivity contribution in [3.63, 3.8) is 0 Å². The largest absolute Gasteiger partial charge is 0.351 e. The zero-order valence-electron chi connectivity index (χ0n) is 17.1. The van der Waals surface area contributed by atoms with E-state index in [1.54, 1.807) is 11.3 Å². The van der Waals surface area contributed by atoms with E-state index in [9.17, 15) is 4.79 Å². The molecule has 7 heteroatoms. The number of piperazine rings is 1. The van der Waals surface area contributed by atoms with Crippen molar-refractivity contribution in [2.24, 2.45) is 0 Å². The molecule has 5 nitrogen and oxygen atoms in total. The van der Waals surface area contributed by atoms with Gasteiger partial charge in [0.15, 0.2) is 5.13 Å². The molecule has 158 valence electrons. The van der Waals surface area contributed by atoms with Crippen LogP contribution in [-0.4, -0.2) is 55.1 Å². The van der Waals surface area contributed by atoms with Gasteiger partial charge in [0.1, 0.15) is 0 Å². The van der Waals surface area contributed by atoms with E-state index < -0.39 is 0 Å². The summed E-state index contributed by atoms with van der Waals surface area (Å²) in [5.41, 5.74) is 1.80. The molecule has 1 saturated heterocycles. The van der Waals surface area contributed by atoms with Gasteiger partial charge < -0.3 is 10.2 Å². The van der Waals surface area contributed by atoms with Crippen molar-refractivity contribution >= 4 is 59.3 Å². The fourth-order valence-corrected chi connectivity index (χ4v) is 5.60. The number of thiazole rings is 1. The Bertz CT molecular complexity index is 1230. The van der Waals surface area contributed by atoms with Gasteiger partial charge in [-0.2, -0.15) is 0 Å². The predicted molar refractivity (Wildman–Crippen MR) is 132 cm³/mol. The van der Waals surface area contributed by atoms with Crippen LogP contribution in [0.3, 0.4) is 0 Å². The molecule has 1 aliphatic rings. The first-order valence-electron chi connectivity index (χ1n) is 10.5. The van der Waals surface area contributed by atoms with Gasteiger partial charge in [-0.05, 0) is 35.0 Å². The molecule has 2 heterocycles. The van der Waals surface area contributed by atoms with Crippen LogP contribution in [-0.2, 0) is 0 Å². The lowest BCUT2D eigenvalue weighted by atomic mass is 10.0. The molecule has 31 heavy (non-hydrogen) atoms. The van der Waals surface area contributed by atoms with Gasteiger partial charge in [-0.15, -0.1) is 0 Å². The molecule has 1 fully saturated rings. The van der Waals surface area contributed by atoms with E-state index in [2.05, 4.69) is 43.2 Å². The van der Waals surface area contributed by atoms with Crippen LogP contribution < -0.4 is 10.2 Å². The number of hydrogen-bond acceptors (Lipinski definition) is 5. The lowest BCUT2D eigenvalue weighted by Crippen LogP contribution is -2.48. The summed E-state index contributed by atoms with van der Waals surface area (Å²) in [4.78, 5) is 22.3. The van der Waals surface area contributed by atoms with Gasteiger partial charge in [0.25, 0.3) is 5.91 Å². The van der Waals surface area contributed by atoms with Crippen LogP contribution >= 0.6 is 27.3 Å². The van der Waals surface area contributed by atoms with E-state index in [1.165, 1.54) is 4.70 Å². The Morgan fingerprint density at radius 1 is 1.03 bits per heavy atom. The molecule has 0 spiro atoms. The number of anilines is 1. The molecule has 0 saturated carbocycles. The smallest absolute Gasteiger partial charge is 0.251 e. The average Bonchev–Trinajstić information content (AvgIpc) is 3.22. The van der Waals surface area contributed by atoms with Crippen LogP contribution in [0.5, 0.6) is 0 Å². The first kappa shape index (κ1) is 20.4. The molecule has 1 aliphatic heterocycles. The van der Waals surface area contributed by atoms with Crippen molar-refractivity contribution in [2.75, 3.05) is 44.2 Å². The molecule has 0 atom stereocenters.